The molecule has 0 spiro atoms. The first-order chi connectivity index (χ1) is 14.5. The van der Waals surface area contributed by atoms with E-state index in [1.807, 2.05) is 24.3 Å². The highest BCUT2D eigenvalue weighted by Crippen LogP contribution is 2.26. The first kappa shape index (κ1) is 21.5. The highest BCUT2D eigenvalue weighted by atomic mass is 32.2. The van der Waals surface area contributed by atoms with Crippen molar-refractivity contribution in [3.05, 3.63) is 54.6 Å². The van der Waals surface area contributed by atoms with Gasteiger partial charge in [-0.1, -0.05) is 30.3 Å². The SMILES string of the molecule is NC(=O)CSc1ccccc1NC(=O)NCC(=O)N1CCN(c2ccccc2)CC1. The van der Waals surface area contributed by atoms with Gasteiger partial charge in [0.05, 0.1) is 18.0 Å². The number of thioether (sulfide) groups is 1. The van der Waals surface area contributed by atoms with Gasteiger partial charge in [-0.15, -0.1) is 11.8 Å². The second kappa shape index (κ2) is 10.5. The zero-order valence-electron chi connectivity index (χ0n) is 16.5. The summed E-state index contributed by atoms with van der Waals surface area (Å²) in [5, 5.41) is 5.33. The molecule has 1 aliphatic heterocycles. The lowest BCUT2D eigenvalue weighted by atomic mass is 10.2. The predicted octanol–water partition coefficient (Wildman–Crippen LogP) is 1.73. The first-order valence-corrected chi connectivity index (χ1v) is 10.6. The molecule has 158 valence electrons. The molecule has 2 aromatic rings. The van der Waals surface area contributed by atoms with Crippen LogP contribution in [0.5, 0.6) is 0 Å². The molecule has 4 N–H and O–H groups in total. The number of hydrogen-bond acceptors (Lipinski definition) is 5. The predicted molar refractivity (Wildman–Crippen MR) is 119 cm³/mol. The molecule has 4 amide bonds. The van der Waals surface area contributed by atoms with Gasteiger partial charge in [-0.25, -0.2) is 4.79 Å². The van der Waals surface area contributed by atoms with Gasteiger partial charge in [0, 0.05) is 36.8 Å². The van der Waals surface area contributed by atoms with Crippen molar-refractivity contribution in [1.82, 2.24) is 10.2 Å². The molecule has 1 aliphatic rings. The number of primary amides is 1. The number of nitrogens with two attached hydrogens (primary N) is 1. The zero-order chi connectivity index (χ0) is 21.3. The lowest BCUT2D eigenvalue weighted by Crippen LogP contribution is -2.51. The third-order valence-electron chi connectivity index (χ3n) is 4.66. The fourth-order valence-electron chi connectivity index (χ4n) is 3.13. The monoisotopic (exact) mass is 427 g/mol. The van der Waals surface area contributed by atoms with Gasteiger partial charge in [0.15, 0.2) is 0 Å². The van der Waals surface area contributed by atoms with Crippen LogP contribution in [0.1, 0.15) is 0 Å². The number of benzene rings is 2. The number of urea groups is 1. The highest BCUT2D eigenvalue weighted by Gasteiger charge is 2.21. The second-order valence-electron chi connectivity index (χ2n) is 6.76. The van der Waals surface area contributed by atoms with Crippen molar-refractivity contribution in [2.75, 3.05) is 48.7 Å². The maximum Gasteiger partial charge on any atom is 0.319 e. The average Bonchev–Trinajstić information content (AvgIpc) is 2.77. The maximum absolute atomic E-state index is 12.5. The van der Waals surface area contributed by atoms with E-state index in [2.05, 4.69) is 27.7 Å². The van der Waals surface area contributed by atoms with E-state index in [-0.39, 0.29) is 18.2 Å². The molecule has 9 heteroatoms. The van der Waals surface area contributed by atoms with Crippen LogP contribution in [0, 0.1) is 0 Å². The summed E-state index contributed by atoms with van der Waals surface area (Å²) in [7, 11) is 0. The minimum Gasteiger partial charge on any atom is -0.369 e. The number of anilines is 2. The Bertz CT molecular complexity index is 885. The second-order valence-corrected chi connectivity index (χ2v) is 7.78. The quantitative estimate of drug-likeness (QED) is 0.584. The molecule has 0 saturated carbocycles. The van der Waals surface area contributed by atoms with Crippen molar-refractivity contribution < 1.29 is 14.4 Å². The van der Waals surface area contributed by atoms with Crippen LogP contribution in [0.4, 0.5) is 16.2 Å². The van der Waals surface area contributed by atoms with Crippen molar-refractivity contribution in [1.29, 1.82) is 0 Å². The molecular weight excluding hydrogens is 402 g/mol. The van der Waals surface area contributed by atoms with Crippen LogP contribution in [-0.4, -0.2) is 61.2 Å². The van der Waals surface area contributed by atoms with E-state index < -0.39 is 11.9 Å². The molecule has 30 heavy (non-hydrogen) atoms. The smallest absolute Gasteiger partial charge is 0.319 e. The number of carbonyl (C=O) groups is 3. The van der Waals surface area contributed by atoms with Gasteiger partial charge < -0.3 is 26.2 Å². The van der Waals surface area contributed by atoms with E-state index in [4.69, 9.17) is 5.73 Å². The molecule has 0 unspecified atom stereocenters. The number of rotatable bonds is 7. The Labute approximate surface area is 179 Å². The Morgan fingerprint density at radius 2 is 1.60 bits per heavy atom. The molecule has 1 saturated heterocycles. The summed E-state index contributed by atoms with van der Waals surface area (Å²) in [6, 6.07) is 16.7. The lowest BCUT2D eigenvalue weighted by Gasteiger charge is -2.36. The van der Waals surface area contributed by atoms with E-state index >= 15 is 0 Å². The van der Waals surface area contributed by atoms with Gasteiger partial charge in [-0.2, -0.15) is 0 Å². The summed E-state index contributed by atoms with van der Waals surface area (Å²) in [6.07, 6.45) is 0. The number of nitrogens with zero attached hydrogens (tertiary/aromatic N) is 2. The average molecular weight is 428 g/mol. The topological polar surface area (TPSA) is 108 Å². The summed E-state index contributed by atoms with van der Waals surface area (Å²) in [5.41, 5.74) is 6.89. The maximum atomic E-state index is 12.5. The van der Waals surface area contributed by atoms with Crippen LogP contribution >= 0.6 is 11.8 Å². The number of nitrogens with one attached hydrogen (secondary N) is 2. The number of carbonyl (C=O) groups excluding carboxylic acids is 3. The molecule has 0 atom stereocenters. The number of amides is 4. The molecule has 0 aliphatic carbocycles. The van der Waals surface area contributed by atoms with Crippen LogP contribution in [-0.2, 0) is 9.59 Å². The largest absolute Gasteiger partial charge is 0.369 e. The van der Waals surface area contributed by atoms with Gasteiger partial charge in [-0.05, 0) is 24.3 Å². The van der Waals surface area contributed by atoms with Crippen LogP contribution in [0.15, 0.2) is 59.5 Å². The molecule has 0 bridgehead atoms. The third kappa shape index (κ3) is 6.15. The minimum atomic E-state index is -0.474. The van der Waals surface area contributed by atoms with Crippen molar-refractivity contribution >= 4 is 41.0 Å². The molecule has 0 aromatic heterocycles. The Kier molecular flexibility index (Phi) is 7.56. The van der Waals surface area contributed by atoms with E-state index in [1.165, 1.54) is 11.8 Å². The molecule has 0 radical (unpaired) electrons. The van der Waals surface area contributed by atoms with E-state index in [1.54, 1.807) is 23.1 Å². The van der Waals surface area contributed by atoms with E-state index in [0.29, 0.717) is 18.8 Å². The summed E-state index contributed by atoms with van der Waals surface area (Å²) in [5.74, 6) is -0.431. The fraction of sp³-hybridized carbons (Fsp3) is 0.286. The van der Waals surface area contributed by atoms with E-state index in [9.17, 15) is 14.4 Å². The normalized spacial score (nSPS) is 13.6. The van der Waals surface area contributed by atoms with Crippen LogP contribution in [0.25, 0.3) is 0 Å². The van der Waals surface area contributed by atoms with Crippen LogP contribution in [0.3, 0.4) is 0 Å². The Balaban J connectivity index is 1.44. The first-order valence-electron chi connectivity index (χ1n) is 9.65. The highest BCUT2D eigenvalue weighted by molar-refractivity contribution is 8.00. The molecule has 2 aromatic carbocycles. The van der Waals surface area contributed by atoms with Crippen LogP contribution in [0.2, 0.25) is 0 Å². The van der Waals surface area contributed by atoms with Gasteiger partial charge in [-0.3, -0.25) is 9.59 Å². The fourth-order valence-corrected chi connectivity index (χ4v) is 3.88. The Morgan fingerprint density at radius 1 is 0.933 bits per heavy atom. The number of para-hydroxylation sites is 2. The van der Waals surface area contributed by atoms with Crippen molar-refractivity contribution in [3.63, 3.8) is 0 Å². The lowest BCUT2D eigenvalue weighted by molar-refractivity contribution is -0.130. The molecular formula is C21H25N5O3S. The summed E-state index contributed by atoms with van der Waals surface area (Å²) < 4.78 is 0. The minimum absolute atomic E-state index is 0.0756. The van der Waals surface area contributed by atoms with Gasteiger partial charge in [0.25, 0.3) is 0 Å². The Hall–Kier alpha value is -3.20. The third-order valence-corrected chi connectivity index (χ3v) is 5.75. The van der Waals surface area contributed by atoms with E-state index in [0.717, 1.165) is 23.7 Å². The number of hydrogen-bond donors (Lipinski definition) is 3. The van der Waals surface area contributed by atoms with Crippen LogP contribution < -0.4 is 21.3 Å². The van der Waals surface area contributed by atoms with Gasteiger partial charge in [0.1, 0.15) is 0 Å². The molecule has 8 nitrogen and oxygen atoms in total. The van der Waals surface area contributed by atoms with Crippen molar-refractivity contribution in [2.45, 2.75) is 4.90 Å². The summed E-state index contributed by atoms with van der Waals surface area (Å²) >= 11 is 1.25. The van der Waals surface area contributed by atoms with Gasteiger partial charge in [0.2, 0.25) is 11.8 Å². The summed E-state index contributed by atoms with van der Waals surface area (Å²) in [4.78, 5) is 40.4. The zero-order valence-corrected chi connectivity index (χ0v) is 17.4. The Morgan fingerprint density at radius 3 is 2.30 bits per heavy atom. The van der Waals surface area contributed by atoms with Crippen molar-refractivity contribution in [2.24, 2.45) is 5.73 Å². The summed E-state index contributed by atoms with van der Waals surface area (Å²) in [6.45, 7) is 2.67. The van der Waals surface area contributed by atoms with Crippen molar-refractivity contribution in [3.8, 4) is 0 Å². The molecule has 1 heterocycles. The molecule has 1 fully saturated rings. The van der Waals surface area contributed by atoms with Gasteiger partial charge >= 0.3 is 6.03 Å². The molecule has 3 rings (SSSR count). The number of piperazine rings is 1. The standard InChI is InChI=1S/C21H25N5O3S/c22-19(27)15-30-18-9-5-4-8-17(18)24-21(29)23-14-20(28)26-12-10-25(11-13-26)16-6-2-1-3-7-16/h1-9H,10-15H2,(H2,22,27)(H2,23,24,29).